The van der Waals surface area contributed by atoms with E-state index in [9.17, 15) is 4.79 Å². The van der Waals surface area contributed by atoms with Gasteiger partial charge < -0.3 is 4.74 Å². The van der Waals surface area contributed by atoms with E-state index in [1.54, 1.807) is 6.92 Å². The number of rotatable bonds is 2. The average molecular weight is 455 g/mol. The molecule has 0 N–H and O–H groups in total. The first-order valence-electron chi connectivity index (χ1n) is 14.2. The molecule has 0 saturated heterocycles. The molecule has 33 heavy (non-hydrogen) atoms. The van der Waals surface area contributed by atoms with Crippen LogP contribution in [0.4, 0.5) is 0 Å². The number of ether oxygens (including phenoxy) is 1. The molecule has 5 aliphatic carbocycles. The maximum Gasteiger partial charge on any atom is 0.302 e. The zero-order chi connectivity index (χ0) is 24.0. The zero-order valence-corrected chi connectivity index (χ0v) is 22.8. The molecular weight excluding hydrogens is 404 g/mol. The molecular formula is C31H50O2. The lowest BCUT2D eigenvalue weighted by Gasteiger charge is -2.66. The maximum atomic E-state index is 11.8. The van der Waals surface area contributed by atoms with E-state index in [4.69, 9.17) is 4.74 Å². The van der Waals surface area contributed by atoms with E-state index in [1.165, 1.54) is 51.4 Å². The summed E-state index contributed by atoms with van der Waals surface area (Å²) in [6.45, 7) is 19.3. The third-order valence-corrected chi connectivity index (χ3v) is 12.6. The minimum absolute atomic E-state index is 0.0634. The smallest absolute Gasteiger partial charge is 0.302 e. The van der Waals surface area contributed by atoms with Gasteiger partial charge in [-0.2, -0.15) is 0 Å². The second kappa shape index (κ2) is 7.60. The van der Waals surface area contributed by atoms with Gasteiger partial charge in [-0.05, 0) is 110 Å². The molecule has 186 valence electrons. The van der Waals surface area contributed by atoms with Gasteiger partial charge in [0, 0.05) is 12.3 Å². The lowest BCUT2D eigenvalue weighted by molar-refractivity contribution is -0.190. The summed E-state index contributed by atoms with van der Waals surface area (Å²) in [5, 5.41) is 0. The van der Waals surface area contributed by atoms with E-state index in [0.717, 1.165) is 36.0 Å². The number of esters is 1. The second-order valence-corrected chi connectivity index (χ2v) is 14.7. The normalized spacial score (nSPS) is 50.5. The van der Waals surface area contributed by atoms with Gasteiger partial charge >= 0.3 is 5.97 Å². The predicted molar refractivity (Wildman–Crippen MR) is 136 cm³/mol. The van der Waals surface area contributed by atoms with Crippen LogP contribution >= 0.6 is 0 Å². The fourth-order valence-electron chi connectivity index (χ4n) is 10.8. The molecule has 9 unspecified atom stereocenters. The fourth-order valence-corrected chi connectivity index (χ4v) is 10.8. The van der Waals surface area contributed by atoms with Gasteiger partial charge in [-0.1, -0.05) is 60.1 Å². The lowest BCUT2D eigenvalue weighted by atomic mass is 9.39. The Morgan fingerprint density at radius 2 is 1.67 bits per heavy atom. The average Bonchev–Trinajstić information content (AvgIpc) is 3.08. The van der Waals surface area contributed by atoms with Gasteiger partial charge in [0.2, 0.25) is 0 Å². The van der Waals surface area contributed by atoms with Crippen LogP contribution in [0.15, 0.2) is 11.6 Å². The Bertz CT molecular complexity index is 838. The number of carbonyl (C=O) groups is 1. The maximum absolute atomic E-state index is 11.8. The highest BCUT2D eigenvalue weighted by atomic mass is 16.5. The van der Waals surface area contributed by atoms with Crippen molar-refractivity contribution in [2.75, 3.05) is 0 Å². The molecule has 0 aliphatic heterocycles. The number of carbonyl (C=O) groups excluding carboxylic acids is 1. The Hall–Kier alpha value is -0.790. The molecule has 2 nitrogen and oxygen atoms in total. The van der Waals surface area contributed by atoms with Crippen LogP contribution in [0.5, 0.6) is 0 Å². The van der Waals surface area contributed by atoms with Crippen molar-refractivity contribution in [1.82, 2.24) is 0 Å². The predicted octanol–water partition coefficient (Wildman–Crippen LogP) is 8.21. The molecule has 2 heteroatoms. The minimum atomic E-state index is -0.107. The van der Waals surface area contributed by atoms with Gasteiger partial charge in [-0.25, -0.2) is 0 Å². The summed E-state index contributed by atoms with van der Waals surface area (Å²) >= 11 is 0. The molecule has 0 amide bonds. The molecule has 0 aromatic carbocycles. The Balaban J connectivity index is 1.49. The van der Waals surface area contributed by atoms with Crippen molar-refractivity contribution < 1.29 is 9.53 Å². The molecule has 0 bridgehead atoms. The van der Waals surface area contributed by atoms with Gasteiger partial charge in [0.1, 0.15) is 6.10 Å². The van der Waals surface area contributed by atoms with Gasteiger partial charge in [0.25, 0.3) is 0 Å². The third kappa shape index (κ3) is 3.27. The van der Waals surface area contributed by atoms with Crippen LogP contribution in [0.25, 0.3) is 0 Å². The van der Waals surface area contributed by atoms with E-state index in [2.05, 4.69) is 54.5 Å². The van der Waals surface area contributed by atoms with Crippen LogP contribution < -0.4 is 0 Å². The molecule has 5 aliphatic rings. The van der Waals surface area contributed by atoms with Crippen LogP contribution in [-0.2, 0) is 9.53 Å². The first-order valence-corrected chi connectivity index (χ1v) is 14.2. The molecule has 9 atom stereocenters. The monoisotopic (exact) mass is 454 g/mol. The highest BCUT2D eigenvalue weighted by molar-refractivity contribution is 5.66. The minimum Gasteiger partial charge on any atom is -0.462 e. The van der Waals surface area contributed by atoms with Crippen molar-refractivity contribution in [3.63, 3.8) is 0 Å². The zero-order valence-electron chi connectivity index (χ0n) is 22.8. The highest BCUT2D eigenvalue weighted by Gasteiger charge is 2.64. The Morgan fingerprint density at radius 1 is 0.939 bits per heavy atom. The summed E-state index contributed by atoms with van der Waals surface area (Å²) in [4.78, 5) is 11.8. The summed E-state index contributed by atoms with van der Waals surface area (Å²) in [6.07, 6.45) is 14.8. The summed E-state index contributed by atoms with van der Waals surface area (Å²) in [7, 11) is 0. The fraction of sp³-hybridized carbons (Fsp3) is 0.903. The van der Waals surface area contributed by atoms with Crippen LogP contribution in [0, 0.1) is 57.2 Å². The quantitative estimate of drug-likeness (QED) is 0.310. The van der Waals surface area contributed by atoms with Gasteiger partial charge in [-0.3, -0.25) is 4.79 Å². The molecule has 0 aromatic rings. The number of hydrogen-bond donors (Lipinski definition) is 0. The van der Waals surface area contributed by atoms with E-state index in [-0.39, 0.29) is 17.5 Å². The van der Waals surface area contributed by atoms with E-state index >= 15 is 0 Å². The standard InChI is InChI=1S/C31H50O2/c1-19(2)21-13-15-29(6)17-18-30(7)22-11-12-25-28(4,5)26(33-20(3)32)14-16-31(25,8)23(22)9-10-24(30)27(21)29/h10,19,21-23,25-27H,9,11-18H2,1-8H3. The van der Waals surface area contributed by atoms with E-state index in [1.807, 2.05) is 5.57 Å². The second-order valence-electron chi connectivity index (χ2n) is 14.7. The molecule has 0 heterocycles. The third-order valence-electron chi connectivity index (χ3n) is 12.6. The van der Waals surface area contributed by atoms with Crippen molar-refractivity contribution in [3.8, 4) is 0 Å². The summed E-state index contributed by atoms with van der Waals surface area (Å²) in [6, 6.07) is 0. The topological polar surface area (TPSA) is 26.3 Å². The van der Waals surface area contributed by atoms with E-state index in [0.29, 0.717) is 22.2 Å². The molecule has 0 aromatic heterocycles. The SMILES string of the molecule is CC(=O)OC1CCC2(C)C3CC=C4C5C(C(C)C)CCC5(C)CCC4(C)C3CCC2C1(C)C. The highest BCUT2D eigenvalue weighted by Crippen LogP contribution is 2.72. The molecule has 4 fully saturated rings. The summed E-state index contributed by atoms with van der Waals surface area (Å²) in [5.74, 6) is 4.64. The van der Waals surface area contributed by atoms with Crippen LogP contribution in [-0.4, -0.2) is 12.1 Å². The van der Waals surface area contributed by atoms with Crippen molar-refractivity contribution in [2.24, 2.45) is 57.2 Å². The van der Waals surface area contributed by atoms with Crippen LogP contribution in [0.2, 0.25) is 0 Å². The van der Waals surface area contributed by atoms with Crippen molar-refractivity contribution in [1.29, 1.82) is 0 Å². The van der Waals surface area contributed by atoms with Crippen molar-refractivity contribution in [3.05, 3.63) is 11.6 Å². The summed E-state index contributed by atoms with van der Waals surface area (Å²) in [5.41, 5.74) is 3.26. The first kappa shape index (κ1) is 23.9. The Morgan fingerprint density at radius 3 is 2.33 bits per heavy atom. The van der Waals surface area contributed by atoms with Crippen LogP contribution in [0.3, 0.4) is 0 Å². The molecule has 0 spiro atoms. The molecule has 5 rings (SSSR count). The molecule has 4 saturated carbocycles. The van der Waals surface area contributed by atoms with Crippen molar-refractivity contribution in [2.45, 2.75) is 119 Å². The first-order chi connectivity index (χ1) is 15.3. The van der Waals surface area contributed by atoms with Gasteiger partial charge in [0.05, 0.1) is 0 Å². The van der Waals surface area contributed by atoms with E-state index < -0.39 is 0 Å². The number of hydrogen-bond acceptors (Lipinski definition) is 2. The van der Waals surface area contributed by atoms with Crippen molar-refractivity contribution >= 4 is 5.97 Å². The Kier molecular flexibility index (Phi) is 5.51. The Labute approximate surface area is 203 Å². The number of allylic oxidation sites excluding steroid dienone is 2. The number of fused-ring (bicyclic) bond motifs is 7. The van der Waals surface area contributed by atoms with Gasteiger partial charge in [0.15, 0.2) is 0 Å². The summed E-state index contributed by atoms with van der Waals surface area (Å²) < 4.78 is 5.88. The molecule has 0 radical (unpaired) electrons. The van der Waals surface area contributed by atoms with Crippen LogP contribution in [0.1, 0.15) is 113 Å². The lowest BCUT2D eigenvalue weighted by Crippen LogP contribution is -2.60. The largest absolute Gasteiger partial charge is 0.462 e. The van der Waals surface area contributed by atoms with Gasteiger partial charge in [-0.15, -0.1) is 0 Å².